The van der Waals surface area contributed by atoms with Gasteiger partial charge in [-0.25, -0.2) is 13.1 Å². The molecule has 2 aromatic rings. The van der Waals surface area contributed by atoms with Gasteiger partial charge in [0.15, 0.2) is 0 Å². The normalized spacial score (nSPS) is 11.6. The number of rotatable bonds is 6. The van der Waals surface area contributed by atoms with Gasteiger partial charge in [0.2, 0.25) is 10.0 Å². The zero-order chi connectivity index (χ0) is 17.0. The van der Waals surface area contributed by atoms with Crippen LogP contribution in [0.25, 0.3) is 10.9 Å². The van der Waals surface area contributed by atoms with E-state index in [1.165, 1.54) is 7.05 Å². The van der Waals surface area contributed by atoms with Gasteiger partial charge in [0, 0.05) is 17.6 Å². The Balaban J connectivity index is 2.28. The number of hydrogen-bond donors (Lipinski definition) is 2. The van der Waals surface area contributed by atoms with Crippen molar-refractivity contribution in [1.82, 2.24) is 15.0 Å². The number of nitrogens with one attached hydrogen (secondary N) is 2. The minimum absolute atomic E-state index is 0.0539. The van der Waals surface area contributed by atoms with E-state index in [-0.39, 0.29) is 18.2 Å². The van der Waals surface area contributed by atoms with E-state index in [1.54, 1.807) is 6.07 Å². The fourth-order valence-corrected chi connectivity index (χ4v) is 2.88. The van der Waals surface area contributed by atoms with Crippen molar-refractivity contribution in [2.45, 2.75) is 20.3 Å². The number of aryl methyl sites for hydroxylation is 2. The Morgan fingerprint density at radius 1 is 1.26 bits per heavy atom. The minimum atomic E-state index is -3.34. The van der Waals surface area contributed by atoms with Gasteiger partial charge in [-0.1, -0.05) is 13.0 Å². The van der Waals surface area contributed by atoms with Crippen molar-refractivity contribution in [2.75, 3.05) is 19.3 Å². The van der Waals surface area contributed by atoms with Crippen LogP contribution < -0.4 is 10.0 Å². The van der Waals surface area contributed by atoms with Crippen molar-refractivity contribution in [3.63, 3.8) is 0 Å². The van der Waals surface area contributed by atoms with Crippen LogP contribution in [0, 0.1) is 6.92 Å². The summed E-state index contributed by atoms with van der Waals surface area (Å²) in [5.74, 6) is -0.447. The largest absolute Gasteiger partial charge is 0.351 e. The van der Waals surface area contributed by atoms with Gasteiger partial charge in [-0.2, -0.15) is 0 Å². The molecule has 1 aromatic carbocycles. The van der Waals surface area contributed by atoms with E-state index < -0.39 is 10.0 Å². The van der Waals surface area contributed by atoms with Crippen LogP contribution >= 0.6 is 0 Å². The summed E-state index contributed by atoms with van der Waals surface area (Å²) in [5.41, 5.74) is 3.14. The number of sulfonamides is 1. The lowest BCUT2D eigenvalue weighted by Crippen LogP contribution is -2.33. The van der Waals surface area contributed by atoms with E-state index in [0.717, 1.165) is 28.6 Å². The number of hydrogen-bond acceptors (Lipinski definition) is 4. The molecular weight excluding hydrogens is 314 g/mol. The molecule has 1 amide bonds. The van der Waals surface area contributed by atoms with Gasteiger partial charge in [0.05, 0.1) is 16.8 Å². The molecule has 2 N–H and O–H groups in total. The Labute approximate surface area is 136 Å². The van der Waals surface area contributed by atoms with Crippen molar-refractivity contribution in [3.8, 4) is 0 Å². The average molecular weight is 335 g/mol. The molecule has 0 bridgehead atoms. The lowest BCUT2D eigenvalue weighted by atomic mass is 10.0. The zero-order valence-corrected chi connectivity index (χ0v) is 14.3. The Kier molecular flexibility index (Phi) is 5.33. The number of carbonyl (C=O) groups is 1. The maximum atomic E-state index is 12.4. The van der Waals surface area contributed by atoms with Gasteiger partial charge in [0.1, 0.15) is 0 Å². The third-order valence-electron chi connectivity index (χ3n) is 3.62. The van der Waals surface area contributed by atoms with Gasteiger partial charge in [-0.3, -0.25) is 9.78 Å². The van der Waals surface area contributed by atoms with Gasteiger partial charge in [0.25, 0.3) is 5.91 Å². The minimum Gasteiger partial charge on any atom is -0.351 e. The monoisotopic (exact) mass is 335 g/mol. The number of fused-ring (bicyclic) bond motifs is 1. The molecule has 0 aliphatic carbocycles. The molecular formula is C16H21N3O3S. The molecule has 0 radical (unpaired) electrons. The molecule has 124 valence electrons. The highest BCUT2D eigenvalue weighted by Crippen LogP contribution is 2.20. The van der Waals surface area contributed by atoms with E-state index in [1.807, 2.05) is 32.0 Å². The summed E-state index contributed by atoms with van der Waals surface area (Å²) in [5, 5.41) is 3.44. The second-order valence-corrected chi connectivity index (χ2v) is 7.34. The Hall–Kier alpha value is -1.99. The summed E-state index contributed by atoms with van der Waals surface area (Å²) in [7, 11) is -1.99. The first kappa shape index (κ1) is 17.4. The van der Waals surface area contributed by atoms with Crippen LogP contribution in [0.2, 0.25) is 0 Å². The first-order chi connectivity index (χ1) is 10.9. The van der Waals surface area contributed by atoms with Crippen molar-refractivity contribution in [1.29, 1.82) is 0 Å². The molecule has 0 saturated carbocycles. The predicted molar refractivity (Wildman–Crippen MR) is 91.0 cm³/mol. The van der Waals surface area contributed by atoms with Crippen molar-refractivity contribution < 1.29 is 13.2 Å². The molecule has 0 spiro atoms. The number of carbonyl (C=O) groups excluding carboxylic acids is 1. The van der Waals surface area contributed by atoms with E-state index in [2.05, 4.69) is 15.0 Å². The fraction of sp³-hybridized carbons (Fsp3) is 0.375. The van der Waals surface area contributed by atoms with Crippen LogP contribution in [0.5, 0.6) is 0 Å². The third-order valence-corrected chi connectivity index (χ3v) is 4.98. The molecule has 0 saturated heterocycles. The number of aromatic nitrogens is 1. The quantitative estimate of drug-likeness (QED) is 0.835. The summed E-state index contributed by atoms with van der Waals surface area (Å²) in [6.07, 6.45) is 0.866. The lowest BCUT2D eigenvalue weighted by molar-refractivity contribution is 0.0957. The second-order valence-electron chi connectivity index (χ2n) is 5.30. The van der Waals surface area contributed by atoms with Crippen molar-refractivity contribution in [3.05, 3.63) is 41.1 Å². The Morgan fingerprint density at radius 3 is 2.65 bits per heavy atom. The smallest absolute Gasteiger partial charge is 0.252 e. The van der Waals surface area contributed by atoms with E-state index in [4.69, 9.17) is 0 Å². The van der Waals surface area contributed by atoms with Gasteiger partial charge in [-0.15, -0.1) is 0 Å². The number of nitrogens with zero attached hydrogens (tertiary/aromatic N) is 1. The van der Waals surface area contributed by atoms with Gasteiger partial charge < -0.3 is 5.32 Å². The maximum Gasteiger partial charge on any atom is 0.252 e. The van der Waals surface area contributed by atoms with E-state index >= 15 is 0 Å². The summed E-state index contributed by atoms with van der Waals surface area (Å²) in [4.78, 5) is 16.9. The lowest BCUT2D eigenvalue weighted by Gasteiger charge is -2.10. The van der Waals surface area contributed by atoms with Gasteiger partial charge >= 0.3 is 0 Å². The number of pyridine rings is 1. The van der Waals surface area contributed by atoms with Crippen molar-refractivity contribution in [2.24, 2.45) is 0 Å². The molecule has 1 heterocycles. The van der Waals surface area contributed by atoms with Crippen LogP contribution in [0.4, 0.5) is 0 Å². The van der Waals surface area contributed by atoms with Crippen LogP contribution in [-0.2, 0) is 16.4 Å². The SMILES string of the molecule is CCc1ccc2nc(C)cc(C(=O)NCCS(=O)(=O)NC)c2c1. The summed E-state index contributed by atoms with van der Waals surface area (Å²) < 4.78 is 25.0. The molecule has 1 aromatic heterocycles. The van der Waals surface area contributed by atoms with Crippen LogP contribution in [-0.4, -0.2) is 38.7 Å². The first-order valence-corrected chi connectivity index (χ1v) is 9.11. The molecule has 7 heteroatoms. The summed E-state index contributed by atoms with van der Waals surface area (Å²) in [6.45, 7) is 3.93. The maximum absolute atomic E-state index is 12.4. The van der Waals surface area contributed by atoms with Crippen LogP contribution in [0.15, 0.2) is 24.3 Å². The molecule has 6 nitrogen and oxygen atoms in total. The van der Waals surface area contributed by atoms with E-state index in [9.17, 15) is 13.2 Å². The standard InChI is InChI=1S/C16H21N3O3S/c1-4-12-5-6-15-13(10-12)14(9-11(2)19-15)16(20)18-7-8-23(21,22)17-3/h5-6,9-10,17H,4,7-8H2,1-3H3,(H,18,20). The third kappa shape index (κ3) is 4.27. The van der Waals surface area contributed by atoms with Crippen molar-refractivity contribution >= 4 is 26.8 Å². The second kappa shape index (κ2) is 7.06. The molecule has 0 aliphatic heterocycles. The summed E-state index contributed by atoms with van der Waals surface area (Å²) in [6, 6.07) is 7.59. The highest BCUT2D eigenvalue weighted by molar-refractivity contribution is 7.89. The van der Waals surface area contributed by atoms with Gasteiger partial charge in [-0.05, 0) is 44.2 Å². The molecule has 0 fully saturated rings. The van der Waals surface area contributed by atoms with Crippen LogP contribution in [0.1, 0.15) is 28.5 Å². The van der Waals surface area contributed by atoms with E-state index in [0.29, 0.717) is 5.56 Å². The molecule has 0 unspecified atom stereocenters. The molecule has 2 rings (SSSR count). The number of benzene rings is 1. The Morgan fingerprint density at radius 2 is 2.00 bits per heavy atom. The molecule has 23 heavy (non-hydrogen) atoms. The average Bonchev–Trinajstić information content (AvgIpc) is 2.53. The zero-order valence-electron chi connectivity index (χ0n) is 13.5. The molecule has 0 aliphatic rings. The van der Waals surface area contributed by atoms with Crippen LogP contribution in [0.3, 0.4) is 0 Å². The first-order valence-electron chi connectivity index (χ1n) is 7.46. The topological polar surface area (TPSA) is 88.2 Å². The fourth-order valence-electron chi connectivity index (χ4n) is 2.31. The summed E-state index contributed by atoms with van der Waals surface area (Å²) >= 11 is 0. The molecule has 0 atom stereocenters. The highest BCUT2D eigenvalue weighted by atomic mass is 32.2. The Bertz CT molecular complexity index is 832. The number of amides is 1. The highest BCUT2D eigenvalue weighted by Gasteiger charge is 2.14. The predicted octanol–water partition coefficient (Wildman–Crippen LogP) is 1.38.